The number of hydrogen-bond donors (Lipinski definition) is 1. The summed E-state index contributed by atoms with van der Waals surface area (Å²) in [7, 11) is 1.64. The minimum Gasteiger partial charge on any atom is -0.497 e. The van der Waals surface area contributed by atoms with E-state index in [-0.39, 0.29) is 5.91 Å². The molecule has 0 spiro atoms. The maximum Gasteiger partial charge on any atom is 0.230 e. The molecule has 3 rings (SSSR count). The van der Waals surface area contributed by atoms with Crippen LogP contribution in [0.3, 0.4) is 0 Å². The van der Waals surface area contributed by atoms with Crippen LogP contribution in [0.1, 0.15) is 10.4 Å². The highest BCUT2D eigenvalue weighted by Crippen LogP contribution is 2.31. The van der Waals surface area contributed by atoms with Crippen LogP contribution in [0.25, 0.3) is 11.3 Å². The Bertz CT molecular complexity index is 887. The van der Waals surface area contributed by atoms with Gasteiger partial charge >= 0.3 is 0 Å². The molecule has 134 valence electrons. The van der Waals surface area contributed by atoms with Crippen molar-refractivity contribution in [2.24, 2.45) is 0 Å². The molecule has 1 amide bonds. The summed E-state index contributed by atoms with van der Waals surface area (Å²) in [5.41, 5.74) is 2.88. The van der Waals surface area contributed by atoms with Gasteiger partial charge in [0.2, 0.25) is 5.91 Å². The number of aromatic nitrogens is 1. The van der Waals surface area contributed by atoms with E-state index in [9.17, 15) is 4.79 Å². The number of thiazole rings is 1. The molecule has 4 nitrogen and oxygen atoms in total. The Kier molecular flexibility index (Phi) is 5.96. The predicted octanol–water partition coefficient (Wildman–Crippen LogP) is 5.03. The third-order valence-electron chi connectivity index (χ3n) is 3.93. The van der Waals surface area contributed by atoms with Gasteiger partial charge in [0.1, 0.15) is 5.75 Å². The maximum absolute atomic E-state index is 12.3. The first kappa shape index (κ1) is 18.5. The van der Waals surface area contributed by atoms with E-state index in [4.69, 9.17) is 4.74 Å². The van der Waals surface area contributed by atoms with Crippen LogP contribution in [0.2, 0.25) is 0 Å². The highest BCUT2D eigenvalue weighted by Gasteiger charge is 2.12. The lowest BCUT2D eigenvalue weighted by Gasteiger charge is -2.03. The lowest BCUT2D eigenvalue weighted by molar-refractivity contribution is -0.115. The first-order valence-electron chi connectivity index (χ1n) is 8.13. The lowest BCUT2D eigenvalue weighted by Crippen LogP contribution is -2.14. The Morgan fingerprint density at radius 1 is 1.15 bits per heavy atom. The molecule has 0 aliphatic carbocycles. The summed E-state index contributed by atoms with van der Waals surface area (Å²) >= 11 is 3.17. The fourth-order valence-corrected chi connectivity index (χ4v) is 3.82. The average molecular weight is 385 g/mol. The van der Waals surface area contributed by atoms with Crippen LogP contribution in [-0.4, -0.2) is 24.3 Å². The molecule has 0 radical (unpaired) electrons. The monoisotopic (exact) mass is 384 g/mol. The summed E-state index contributed by atoms with van der Waals surface area (Å²) in [5.74, 6) is 0.750. The van der Waals surface area contributed by atoms with Crippen LogP contribution >= 0.6 is 23.1 Å². The van der Waals surface area contributed by atoms with Crippen molar-refractivity contribution in [2.45, 2.75) is 18.2 Å². The second kappa shape index (κ2) is 8.38. The van der Waals surface area contributed by atoms with Crippen molar-refractivity contribution in [1.82, 2.24) is 4.98 Å². The molecule has 1 N–H and O–H groups in total. The summed E-state index contributed by atoms with van der Waals surface area (Å²) in [5, 5.41) is 3.54. The third-order valence-corrected chi connectivity index (χ3v) is 5.56. The van der Waals surface area contributed by atoms with E-state index in [2.05, 4.69) is 10.3 Å². The van der Waals surface area contributed by atoms with Crippen molar-refractivity contribution in [1.29, 1.82) is 0 Å². The highest BCUT2D eigenvalue weighted by atomic mass is 32.2. The van der Waals surface area contributed by atoms with Crippen LogP contribution in [0.5, 0.6) is 5.75 Å². The largest absolute Gasteiger partial charge is 0.497 e. The van der Waals surface area contributed by atoms with E-state index in [0.717, 1.165) is 27.4 Å². The molecule has 0 saturated carbocycles. The van der Waals surface area contributed by atoms with Gasteiger partial charge in [0, 0.05) is 15.3 Å². The van der Waals surface area contributed by atoms with Gasteiger partial charge in [-0.1, -0.05) is 12.1 Å². The minimum atomic E-state index is -0.0584. The quantitative estimate of drug-likeness (QED) is 0.606. The number of aryl methyl sites for hydroxylation is 1. The number of carbonyl (C=O) groups excluding carboxylic acids is 1. The van der Waals surface area contributed by atoms with Crippen molar-refractivity contribution < 1.29 is 9.53 Å². The van der Waals surface area contributed by atoms with Gasteiger partial charge in [-0.2, -0.15) is 0 Å². The Hall–Kier alpha value is -2.31. The van der Waals surface area contributed by atoms with E-state index in [1.54, 1.807) is 18.9 Å². The number of thioether (sulfide) groups is 1. The molecule has 0 aliphatic rings. The van der Waals surface area contributed by atoms with Crippen LogP contribution in [-0.2, 0) is 11.2 Å². The SMILES string of the molecule is COc1ccc(-c2nc(NC(=O)Cc3ccc(SC)cc3)sc2C)cc1. The van der Waals surface area contributed by atoms with Crippen molar-refractivity contribution in [2.75, 3.05) is 18.7 Å². The van der Waals surface area contributed by atoms with E-state index in [0.29, 0.717) is 11.6 Å². The molecule has 6 heteroatoms. The van der Waals surface area contributed by atoms with Gasteiger partial charge in [0.15, 0.2) is 5.13 Å². The molecule has 3 aromatic rings. The molecule has 1 aromatic heterocycles. The van der Waals surface area contributed by atoms with Crippen molar-refractivity contribution >= 4 is 34.1 Å². The molecular weight excluding hydrogens is 364 g/mol. The zero-order chi connectivity index (χ0) is 18.5. The second-order valence-corrected chi connectivity index (χ2v) is 7.81. The number of carbonyl (C=O) groups is 1. The second-order valence-electron chi connectivity index (χ2n) is 5.73. The van der Waals surface area contributed by atoms with Crippen LogP contribution in [0.4, 0.5) is 5.13 Å². The van der Waals surface area contributed by atoms with Crippen molar-refractivity contribution in [3.8, 4) is 17.0 Å². The normalized spacial score (nSPS) is 10.6. The number of ether oxygens (including phenoxy) is 1. The summed E-state index contributed by atoms with van der Waals surface area (Å²) in [6, 6.07) is 15.8. The van der Waals surface area contributed by atoms with Gasteiger partial charge in [-0.25, -0.2) is 4.98 Å². The zero-order valence-corrected chi connectivity index (χ0v) is 16.5. The molecule has 0 saturated heterocycles. The number of benzene rings is 2. The first-order chi connectivity index (χ1) is 12.6. The van der Waals surface area contributed by atoms with Crippen molar-refractivity contribution in [3.05, 3.63) is 59.0 Å². The minimum absolute atomic E-state index is 0.0584. The Morgan fingerprint density at radius 3 is 2.46 bits per heavy atom. The number of nitrogens with one attached hydrogen (secondary N) is 1. The van der Waals surface area contributed by atoms with Gasteiger partial charge in [0.25, 0.3) is 0 Å². The van der Waals surface area contributed by atoms with E-state index < -0.39 is 0 Å². The first-order valence-corrected chi connectivity index (χ1v) is 10.2. The predicted molar refractivity (Wildman–Crippen MR) is 109 cm³/mol. The maximum atomic E-state index is 12.3. The molecule has 0 bridgehead atoms. The summed E-state index contributed by atoms with van der Waals surface area (Å²) < 4.78 is 5.19. The molecule has 26 heavy (non-hydrogen) atoms. The number of rotatable bonds is 6. The number of anilines is 1. The molecule has 1 heterocycles. The third kappa shape index (κ3) is 4.45. The standard InChI is InChI=1S/C20H20N2O2S2/c1-13-19(15-6-8-16(24-2)9-7-15)22-20(26-13)21-18(23)12-14-4-10-17(25-3)11-5-14/h4-11H,12H2,1-3H3,(H,21,22,23). The van der Waals surface area contributed by atoms with Gasteiger partial charge in [-0.15, -0.1) is 23.1 Å². The molecule has 2 aromatic carbocycles. The molecule has 0 unspecified atom stereocenters. The number of methoxy groups -OCH3 is 1. The van der Waals surface area contributed by atoms with Gasteiger partial charge in [-0.3, -0.25) is 4.79 Å². The summed E-state index contributed by atoms with van der Waals surface area (Å²) in [6.45, 7) is 2.01. The van der Waals surface area contributed by atoms with Crippen LogP contribution in [0, 0.1) is 6.92 Å². The molecule has 0 atom stereocenters. The van der Waals surface area contributed by atoms with E-state index >= 15 is 0 Å². The van der Waals surface area contributed by atoms with Gasteiger partial charge in [-0.05, 0) is 55.1 Å². The van der Waals surface area contributed by atoms with Crippen LogP contribution in [0.15, 0.2) is 53.4 Å². The van der Waals surface area contributed by atoms with Crippen molar-refractivity contribution in [3.63, 3.8) is 0 Å². The van der Waals surface area contributed by atoms with E-state index in [1.807, 2.05) is 61.7 Å². The van der Waals surface area contributed by atoms with Crippen LogP contribution < -0.4 is 10.1 Å². The topological polar surface area (TPSA) is 51.2 Å². The Morgan fingerprint density at radius 2 is 1.85 bits per heavy atom. The number of hydrogen-bond acceptors (Lipinski definition) is 5. The summed E-state index contributed by atoms with van der Waals surface area (Å²) in [6.07, 6.45) is 2.37. The zero-order valence-electron chi connectivity index (χ0n) is 14.9. The Balaban J connectivity index is 1.68. The average Bonchev–Trinajstić information content (AvgIpc) is 3.02. The molecule has 0 aliphatic heterocycles. The molecular formula is C20H20N2O2S2. The fourth-order valence-electron chi connectivity index (χ4n) is 2.56. The number of amides is 1. The smallest absolute Gasteiger partial charge is 0.230 e. The van der Waals surface area contributed by atoms with E-state index in [1.165, 1.54) is 16.2 Å². The summed E-state index contributed by atoms with van der Waals surface area (Å²) in [4.78, 5) is 19.2. The Labute approximate surface area is 161 Å². The molecule has 0 fully saturated rings. The lowest BCUT2D eigenvalue weighted by atomic mass is 10.1. The van der Waals surface area contributed by atoms with Gasteiger partial charge in [0.05, 0.1) is 19.2 Å². The van der Waals surface area contributed by atoms with Gasteiger partial charge < -0.3 is 10.1 Å². The number of nitrogens with zero attached hydrogens (tertiary/aromatic N) is 1. The fraction of sp³-hybridized carbons (Fsp3) is 0.200. The highest BCUT2D eigenvalue weighted by molar-refractivity contribution is 7.98.